The number of phenols is 1. The Morgan fingerprint density at radius 2 is 1.23 bits per heavy atom. The molecule has 0 radical (unpaired) electrons. The molecule has 0 saturated carbocycles. The maximum atomic E-state index is 11.9. The standard InChI is InChI=1S/C26H46N2O2/c1-3-4-5-6-7-8-9-10-11-12-13-14-15-16-17-18-21-27-26(30)28-24-19-20-25(29)23(2)22-24/h19-20,22,29H,3-18,21H2,1-2H3,(H2,27,28,30). The number of amides is 2. The Kier molecular flexibility index (Phi) is 15.9. The van der Waals surface area contributed by atoms with E-state index in [1.54, 1.807) is 18.2 Å². The van der Waals surface area contributed by atoms with E-state index in [0.29, 0.717) is 12.2 Å². The molecule has 0 bridgehead atoms. The van der Waals surface area contributed by atoms with Crippen LogP contribution < -0.4 is 10.6 Å². The highest BCUT2D eigenvalue weighted by Gasteiger charge is 2.03. The normalized spacial score (nSPS) is 10.9. The highest BCUT2D eigenvalue weighted by Crippen LogP contribution is 2.20. The predicted octanol–water partition coefficient (Wildman–Crippen LogP) is 8.08. The number of unbranched alkanes of at least 4 members (excludes halogenated alkanes) is 15. The molecule has 0 atom stereocenters. The van der Waals surface area contributed by atoms with Crippen molar-refractivity contribution >= 4 is 11.7 Å². The van der Waals surface area contributed by atoms with Gasteiger partial charge in [-0.3, -0.25) is 0 Å². The lowest BCUT2D eigenvalue weighted by Crippen LogP contribution is -2.29. The van der Waals surface area contributed by atoms with E-state index < -0.39 is 0 Å². The average molecular weight is 419 g/mol. The molecule has 30 heavy (non-hydrogen) atoms. The molecule has 1 aromatic carbocycles. The summed E-state index contributed by atoms with van der Waals surface area (Å²) in [7, 11) is 0. The molecule has 0 heterocycles. The summed E-state index contributed by atoms with van der Waals surface area (Å²) < 4.78 is 0. The number of aromatic hydroxyl groups is 1. The van der Waals surface area contributed by atoms with Gasteiger partial charge in [0.1, 0.15) is 5.75 Å². The minimum atomic E-state index is -0.180. The van der Waals surface area contributed by atoms with Crippen LogP contribution in [0.3, 0.4) is 0 Å². The van der Waals surface area contributed by atoms with Crippen LogP contribution in [-0.2, 0) is 0 Å². The van der Waals surface area contributed by atoms with Crippen LogP contribution in [0.5, 0.6) is 5.75 Å². The summed E-state index contributed by atoms with van der Waals surface area (Å²) >= 11 is 0. The van der Waals surface area contributed by atoms with Crippen LogP contribution in [0.1, 0.15) is 115 Å². The smallest absolute Gasteiger partial charge is 0.319 e. The highest BCUT2D eigenvalue weighted by atomic mass is 16.3. The number of nitrogens with one attached hydrogen (secondary N) is 2. The monoisotopic (exact) mass is 418 g/mol. The average Bonchev–Trinajstić information content (AvgIpc) is 2.73. The minimum Gasteiger partial charge on any atom is -0.508 e. The predicted molar refractivity (Wildman–Crippen MR) is 129 cm³/mol. The molecule has 0 fully saturated rings. The van der Waals surface area contributed by atoms with Crippen LogP contribution in [0.4, 0.5) is 10.5 Å². The van der Waals surface area contributed by atoms with Crippen molar-refractivity contribution in [2.75, 3.05) is 11.9 Å². The first kappa shape index (κ1) is 26.3. The van der Waals surface area contributed by atoms with Gasteiger partial charge in [-0.2, -0.15) is 0 Å². The summed E-state index contributed by atoms with van der Waals surface area (Å²) in [6.07, 6.45) is 21.7. The third kappa shape index (κ3) is 14.3. The molecule has 4 heteroatoms. The van der Waals surface area contributed by atoms with Crippen molar-refractivity contribution in [1.82, 2.24) is 5.32 Å². The van der Waals surface area contributed by atoms with E-state index in [4.69, 9.17) is 0 Å². The molecule has 1 aromatic rings. The summed E-state index contributed by atoms with van der Waals surface area (Å²) in [5.74, 6) is 0.245. The van der Waals surface area contributed by atoms with Gasteiger partial charge in [-0.25, -0.2) is 4.79 Å². The number of phenolic OH excluding ortho intramolecular Hbond substituents is 1. The van der Waals surface area contributed by atoms with E-state index in [9.17, 15) is 9.90 Å². The van der Waals surface area contributed by atoms with Crippen molar-refractivity contribution in [3.63, 3.8) is 0 Å². The van der Waals surface area contributed by atoms with Crippen molar-refractivity contribution < 1.29 is 9.90 Å². The number of benzene rings is 1. The van der Waals surface area contributed by atoms with Crippen LogP contribution in [0.25, 0.3) is 0 Å². The largest absolute Gasteiger partial charge is 0.508 e. The molecular weight excluding hydrogens is 372 g/mol. The second-order valence-corrected chi connectivity index (χ2v) is 8.69. The molecule has 0 aliphatic rings. The van der Waals surface area contributed by atoms with E-state index in [1.165, 1.54) is 96.3 Å². The zero-order valence-corrected chi connectivity index (χ0v) is 19.6. The van der Waals surface area contributed by atoms with Gasteiger partial charge in [-0.05, 0) is 37.1 Å². The van der Waals surface area contributed by atoms with Gasteiger partial charge in [-0.1, -0.05) is 103 Å². The van der Waals surface area contributed by atoms with Crippen molar-refractivity contribution in [2.45, 2.75) is 117 Å². The number of urea groups is 1. The molecule has 2 amide bonds. The third-order valence-electron chi connectivity index (χ3n) is 5.77. The number of rotatable bonds is 18. The zero-order valence-electron chi connectivity index (χ0n) is 19.6. The molecule has 0 aliphatic heterocycles. The Labute approximate surface area is 185 Å². The molecular formula is C26H46N2O2. The number of hydrogen-bond donors (Lipinski definition) is 3. The maximum Gasteiger partial charge on any atom is 0.319 e. The molecule has 0 spiro atoms. The van der Waals surface area contributed by atoms with Crippen LogP contribution in [0.2, 0.25) is 0 Å². The lowest BCUT2D eigenvalue weighted by atomic mass is 10.0. The first-order valence-corrected chi connectivity index (χ1v) is 12.5. The van der Waals surface area contributed by atoms with E-state index in [-0.39, 0.29) is 11.8 Å². The van der Waals surface area contributed by atoms with Crippen LogP contribution >= 0.6 is 0 Å². The Morgan fingerprint density at radius 1 is 0.767 bits per heavy atom. The van der Waals surface area contributed by atoms with E-state index in [0.717, 1.165) is 12.0 Å². The summed E-state index contributed by atoms with van der Waals surface area (Å²) in [4.78, 5) is 11.9. The molecule has 0 aromatic heterocycles. The van der Waals surface area contributed by atoms with E-state index in [1.807, 2.05) is 6.92 Å². The number of hydrogen-bond acceptors (Lipinski definition) is 2. The fourth-order valence-corrected chi connectivity index (χ4v) is 3.78. The van der Waals surface area contributed by atoms with Gasteiger partial charge in [0.25, 0.3) is 0 Å². The Bertz CT molecular complexity index is 560. The van der Waals surface area contributed by atoms with Crippen molar-refractivity contribution in [2.24, 2.45) is 0 Å². The van der Waals surface area contributed by atoms with Gasteiger partial charge < -0.3 is 15.7 Å². The van der Waals surface area contributed by atoms with Gasteiger partial charge in [-0.15, -0.1) is 0 Å². The lowest BCUT2D eigenvalue weighted by Gasteiger charge is -2.09. The second-order valence-electron chi connectivity index (χ2n) is 8.69. The summed E-state index contributed by atoms with van der Waals surface area (Å²) in [6.45, 7) is 4.80. The van der Waals surface area contributed by atoms with Gasteiger partial charge in [0.2, 0.25) is 0 Å². The molecule has 0 unspecified atom stereocenters. The lowest BCUT2D eigenvalue weighted by molar-refractivity contribution is 0.252. The number of anilines is 1. The van der Waals surface area contributed by atoms with Crippen LogP contribution in [0, 0.1) is 6.92 Å². The summed E-state index contributed by atoms with van der Waals surface area (Å²) in [6, 6.07) is 4.89. The summed E-state index contributed by atoms with van der Waals surface area (Å²) in [5.41, 5.74) is 1.46. The SMILES string of the molecule is CCCCCCCCCCCCCCCCCCNC(=O)Nc1ccc(O)c(C)c1. The first-order valence-electron chi connectivity index (χ1n) is 12.5. The van der Waals surface area contributed by atoms with E-state index in [2.05, 4.69) is 17.6 Å². The van der Waals surface area contributed by atoms with Gasteiger partial charge >= 0.3 is 6.03 Å². The van der Waals surface area contributed by atoms with Gasteiger partial charge in [0, 0.05) is 12.2 Å². The fourth-order valence-electron chi connectivity index (χ4n) is 3.78. The van der Waals surface area contributed by atoms with E-state index >= 15 is 0 Å². The molecule has 3 N–H and O–H groups in total. The zero-order chi connectivity index (χ0) is 21.9. The third-order valence-corrected chi connectivity index (χ3v) is 5.77. The summed E-state index contributed by atoms with van der Waals surface area (Å²) in [5, 5.41) is 15.2. The minimum absolute atomic E-state index is 0.180. The molecule has 4 nitrogen and oxygen atoms in total. The maximum absolute atomic E-state index is 11.9. The molecule has 0 saturated heterocycles. The fraction of sp³-hybridized carbons (Fsp3) is 0.731. The number of aryl methyl sites for hydroxylation is 1. The topological polar surface area (TPSA) is 61.4 Å². The highest BCUT2D eigenvalue weighted by molar-refractivity contribution is 5.89. The van der Waals surface area contributed by atoms with Crippen molar-refractivity contribution in [3.05, 3.63) is 23.8 Å². The molecule has 0 aliphatic carbocycles. The van der Waals surface area contributed by atoms with Crippen molar-refractivity contribution in [3.8, 4) is 5.75 Å². The number of carbonyl (C=O) groups is 1. The Balaban J connectivity index is 1.82. The first-order chi connectivity index (χ1) is 14.6. The van der Waals surface area contributed by atoms with Gasteiger partial charge in [0.15, 0.2) is 0 Å². The van der Waals surface area contributed by atoms with Crippen molar-refractivity contribution in [1.29, 1.82) is 0 Å². The molecule has 1 rings (SSSR count). The van der Waals surface area contributed by atoms with Gasteiger partial charge in [0.05, 0.1) is 0 Å². The Morgan fingerprint density at radius 3 is 1.70 bits per heavy atom. The quantitative estimate of drug-likeness (QED) is 0.167. The van der Waals surface area contributed by atoms with Crippen LogP contribution in [0.15, 0.2) is 18.2 Å². The second kappa shape index (κ2) is 18.1. The van der Waals surface area contributed by atoms with Crippen LogP contribution in [-0.4, -0.2) is 17.7 Å². The number of carbonyl (C=O) groups excluding carboxylic acids is 1. The molecule has 172 valence electrons. The Hall–Kier alpha value is -1.71.